The first kappa shape index (κ1) is 14.7. The summed E-state index contributed by atoms with van der Waals surface area (Å²) in [6, 6.07) is 5.61. The lowest BCUT2D eigenvalue weighted by atomic mass is 10.1. The summed E-state index contributed by atoms with van der Waals surface area (Å²) in [5.74, 6) is 1.37. The van der Waals surface area contributed by atoms with E-state index in [1.165, 1.54) is 0 Å². The molecule has 0 aromatic heterocycles. The topological polar surface area (TPSA) is 56.8 Å². The third-order valence-corrected chi connectivity index (χ3v) is 3.37. The molecular weight excluding hydrogens is 258 g/mol. The Hall–Kier alpha value is -1.75. The predicted molar refractivity (Wildman–Crippen MR) is 75.0 cm³/mol. The Bertz CT molecular complexity index is 455. The number of amides is 1. The summed E-state index contributed by atoms with van der Waals surface area (Å²) >= 11 is 0. The zero-order chi connectivity index (χ0) is 14.4. The molecular formula is C15H21NO4. The molecule has 0 aliphatic carbocycles. The summed E-state index contributed by atoms with van der Waals surface area (Å²) in [6.45, 7) is 1.25. The summed E-state index contributed by atoms with van der Waals surface area (Å²) in [6.07, 6.45) is 2.55. The summed E-state index contributed by atoms with van der Waals surface area (Å²) in [7, 11) is 3.19. The molecule has 20 heavy (non-hydrogen) atoms. The molecule has 1 atom stereocenters. The number of rotatable bonds is 6. The van der Waals surface area contributed by atoms with Crippen LogP contribution in [0.5, 0.6) is 11.5 Å². The van der Waals surface area contributed by atoms with Crippen LogP contribution in [0.1, 0.15) is 24.8 Å². The number of ether oxygens (including phenoxy) is 3. The summed E-state index contributed by atoms with van der Waals surface area (Å²) in [5.41, 5.74) is 0.975. The predicted octanol–water partition coefficient (Wildman–Crippen LogP) is 1.89. The minimum atomic E-state index is 0.0201. The van der Waals surface area contributed by atoms with E-state index in [-0.39, 0.29) is 12.0 Å². The highest BCUT2D eigenvalue weighted by Gasteiger charge is 2.18. The van der Waals surface area contributed by atoms with Crippen molar-refractivity contribution in [3.8, 4) is 11.5 Å². The van der Waals surface area contributed by atoms with Crippen LogP contribution in [0.4, 0.5) is 0 Å². The van der Waals surface area contributed by atoms with Crippen molar-refractivity contribution in [3.63, 3.8) is 0 Å². The lowest BCUT2D eigenvalue weighted by Crippen LogP contribution is -2.26. The van der Waals surface area contributed by atoms with Gasteiger partial charge < -0.3 is 19.5 Å². The lowest BCUT2D eigenvalue weighted by molar-refractivity contribution is -0.123. The molecule has 1 aromatic carbocycles. The highest BCUT2D eigenvalue weighted by Crippen LogP contribution is 2.27. The molecule has 1 heterocycles. The van der Waals surface area contributed by atoms with Crippen LogP contribution in [0.15, 0.2) is 18.2 Å². The molecule has 5 heteroatoms. The molecule has 1 N–H and O–H groups in total. The van der Waals surface area contributed by atoms with Crippen LogP contribution in [0.25, 0.3) is 0 Å². The quantitative estimate of drug-likeness (QED) is 0.864. The van der Waals surface area contributed by atoms with Gasteiger partial charge in [0.1, 0.15) is 0 Å². The second-order valence-corrected chi connectivity index (χ2v) is 4.81. The van der Waals surface area contributed by atoms with E-state index >= 15 is 0 Å². The zero-order valence-corrected chi connectivity index (χ0v) is 12.0. The summed E-state index contributed by atoms with van der Waals surface area (Å²) in [4.78, 5) is 11.8. The average molecular weight is 279 g/mol. The number of carbonyl (C=O) groups is 1. The van der Waals surface area contributed by atoms with Crippen LogP contribution in [-0.2, 0) is 16.1 Å². The van der Waals surface area contributed by atoms with Crippen LogP contribution in [0.2, 0.25) is 0 Å². The number of nitrogens with one attached hydrogen (secondary N) is 1. The van der Waals surface area contributed by atoms with Gasteiger partial charge in [-0.3, -0.25) is 4.79 Å². The number of methoxy groups -OCH3 is 2. The Balaban J connectivity index is 1.85. The van der Waals surface area contributed by atoms with E-state index in [1.54, 1.807) is 14.2 Å². The maximum absolute atomic E-state index is 11.8. The molecule has 1 fully saturated rings. The van der Waals surface area contributed by atoms with Crippen LogP contribution in [-0.4, -0.2) is 32.8 Å². The number of hydrogen-bond acceptors (Lipinski definition) is 4. The third-order valence-electron chi connectivity index (χ3n) is 3.37. The standard InChI is InChI=1S/C15H21NO4/c1-18-13-6-5-11(8-14(13)19-2)10-16-15(17)9-12-4-3-7-20-12/h5-6,8,12H,3-4,7,9-10H2,1-2H3,(H,16,17). The van der Waals surface area contributed by atoms with Crippen molar-refractivity contribution >= 4 is 5.91 Å². The van der Waals surface area contributed by atoms with Crippen molar-refractivity contribution in [2.45, 2.75) is 31.9 Å². The fourth-order valence-electron chi connectivity index (χ4n) is 2.28. The van der Waals surface area contributed by atoms with E-state index < -0.39 is 0 Å². The van der Waals surface area contributed by atoms with Crippen molar-refractivity contribution in [1.29, 1.82) is 0 Å². The largest absolute Gasteiger partial charge is 0.493 e. The molecule has 1 amide bonds. The van der Waals surface area contributed by atoms with Crippen molar-refractivity contribution in [2.24, 2.45) is 0 Å². The van der Waals surface area contributed by atoms with Gasteiger partial charge in [-0.05, 0) is 30.5 Å². The first-order valence-corrected chi connectivity index (χ1v) is 6.82. The van der Waals surface area contributed by atoms with Gasteiger partial charge in [-0.25, -0.2) is 0 Å². The van der Waals surface area contributed by atoms with E-state index in [2.05, 4.69) is 5.32 Å². The Kier molecular flexibility index (Phi) is 5.24. The second-order valence-electron chi connectivity index (χ2n) is 4.81. The van der Waals surface area contributed by atoms with Gasteiger partial charge in [-0.1, -0.05) is 6.07 Å². The molecule has 1 aliphatic heterocycles. The molecule has 0 bridgehead atoms. The Morgan fingerprint density at radius 1 is 1.35 bits per heavy atom. The highest BCUT2D eigenvalue weighted by atomic mass is 16.5. The molecule has 110 valence electrons. The Morgan fingerprint density at radius 3 is 2.80 bits per heavy atom. The molecule has 1 saturated heterocycles. The molecule has 1 aliphatic rings. The fraction of sp³-hybridized carbons (Fsp3) is 0.533. The summed E-state index contributed by atoms with van der Waals surface area (Å²) in [5, 5.41) is 2.90. The number of benzene rings is 1. The van der Waals surface area contributed by atoms with Crippen LogP contribution in [0.3, 0.4) is 0 Å². The molecule has 2 rings (SSSR count). The normalized spacial score (nSPS) is 17.8. The number of carbonyl (C=O) groups excluding carboxylic acids is 1. The van der Waals surface area contributed by atoms with Gasteiger partial charge in [0.05, 0.1) is 26.7 Å². The number of hydrogen-bond donors (Lipinski definition) is 1. The van der Waals surface area contributed by atoms with Crippen molar-refractivity contribution < 1.29 is 19.0 Å². The third kappa shape index (κ3) is 3.87. The van der Waals surface area contributed by atoms with Crippen molar-refractivity contribution in [1.82, 2.24) is 5.32 Å². The van der Waals surface area contributed by atoms with Gasteiger partial charge in [0.25, 0.3) is 0 Å². The van der Waals surface area contributed by atoms with Crippen LogP contribution < -0.4 is 14.8 Å². The Morgan fingerprint density at radius 2 is 2.15 bits per heavy atom. The lowest BCUT2D eigenvalue weighted by Gasteiger charge is -2.12. The summed E-state index contributed by atoms with van der Waals surface area (Å²) < 4.78 is 15.9. The SMILES string of the molecule is COc1ccc(CNC(=O)CC2CCCO2)cc1OC. The molecule has 0 spiro atoms. The van der Waals surface area contributed by atoms with Crippen LogP contribution >= 0.6 is 0 Å². The zero-order valence-electron chi connectivity index (χ0n) is 12.0. The van der Waals surface area contributed by atoms with Gasteiger partial charge in [-0.15, -0.1) is 0 Å². The minimum absolute atomic E-state index is 0.0201. The first-order chi connectivity index (χ1) is 9.72. The van der Waals surface area contributed by atoms with Crippen molar-refractivity contribution in [2.75, 3.05) is 20.8 Å². The first-order valence-electron chi connectivity index (χ1n) is 6.82. The minimum Gasteiger partial charge on any atom is -0.493 e. The second kappa shape index (κ2) is 7.14. The molecule has 1 unspecified atom stereocenters. The Labute approximate surface area is 119 Å². The highest BCUT2D eigenvalue weighted by molar-refractivity contribution is 5.76. The van der Waals surface area contributed by atoms with Gasteiger partial charge in [0, 0.05) is 13.2 Å². The van der Waals surface area contributed by atoms with Gasteiger partial charge in [-0.2, -0.15) is 0 Å². The van der Waals surface area contributed by atoms with E-state index in [0.717, 1.165) is 25.0 Å². The van der Waals surface area contributed by atoms with Gasteiger partial charge in [0.15, 0.2) is 11.5 Å². The van der Waals surface area contributed by atoms with E-state index in [1.807, 2.05) is 18.2 Å². The smallest absolute Gasteiger partial charge is 0.222 e. The van der Waals surface area contributed by atoms with Crippen LogP contribution in [0, 0.1) is 0 Å². The van der Waals surface area contributed by atoms with E-state index in [4.69, 9.17) is 14.2 Å². The fourth-order valence-corrected chi connectivity index (χ4v) is 2.28. The molecule has 0 saturated carbocycles. The van der Waals surface area contributed by atoms with Crippen molar-refractivity contribution in [3.05, 3.63) is 23.8 Å². The average Bonchev–Trinajstić information content (AvgIpc) is 2.97. The monoisotopic (exact) mass is 279 g/mol. The van der Waals surface area contributed by atoms with Gasteiger partial charge in [0.2, 0.25) is 5.91 Å². The van der Waals surface area contributed by atoms with Gasteiger partial charge >= 0.3 is 0 Å². The van der Waals surface area contributed by atoms with E-state index in [0.29, 0.717) is 24.5 Å². The maximum Gasteiger partial charge on any atom is 0.222 e. The molecule has 0 radical (unpaired) electrons. The molecule has 5 nitrogen and oxygen atoms in total. The maximum atomic E-state index is 11.8. The van der Waals surface area contributed by atoms with E-state index in [9.17, 15) is 4.79 Å². The molecule has 1 aromatic rings.